The van der Waals surface area contributed by atoms with E-state index in [1.54, 1.807) is 24.3 Å². The lowest BCUT2D eigenvalue weighted by molar-refractivity contribution is -0.103. The number of aliphatic hydroxyl groups is 1. The number of carbonyl (C=O) groups is 1. The maximum Gasteiger partial charge on any atom is 0.153 e. The molecule has 0 aliphatic rings. The Labute approximate surface area is 75.5 Å². The van der Waals surface area contributed by atoms with Crippen molar-refractivity contribution in [3.63, 3.8) is 0 Å². The van der Waals surface area contributed by atoms with E-state index in [2.05, 4.69) is 0 Å². The van der Waals surface area contributed by atoms with Gasteiger partial charge in [0.1, 0.15) is 0 Å². The fraction of sp³-hybridized carbons (Fsp3) is 0. The molecule has 64 valence electrons. The second kappa shape index (κ2) is 4.07. The van der Waals surface area contributed by atoms with E-state index in [0.29, 0.717) is 23.7 Å². The predicted molar refractivity (Wildman–Crippen MR) is 47.8 cm³/mol. The molecule has 0 saturated carbocycles. The summed E-state index contributed by atoms with van der Waals surface area (Å²) in [6, 6.07) is 8.52. The zero-order chi connectivity index (χ0) is 9.68. The van der Waals surface area contributed by atoms with Crippen molar-refractivity contribution in [3.8, 4) is 6.07 Å². The SMILES string of the molecule is N#Cc1ccccc1/C(C=O)=C\O. The summed E-state index contributed by atoms with van der Waals surface area (Å²) >= 11 is 0. The number of hydrogen-bond donors (Lipinski definition) is 1. The molecule has 0 bridgehead atoms. The van der Waals surface area contributed by atoms with E-state index in [1.165, 1.54) is 0 Å². The average molecular weight is 173 g/mol. The van der Waals surface area contributed by atoms with Gasteiger partial charge in [0.25, 0.3) is 0 Å². The fourth-order valence-electron chi connectivity index (χ4n) is 0.996. The molecule has 0 aliphatic heterocycles. The van der Waals surface area contributed by atoms with Crippen LogP contribution in [0, 0.1) is 11.3 Å². The third-order valence-corrected chi connectivity index (χ3v) is 1.62. The van der Waals surface area contributed by atoms with Crippen molar-refractivity contribution in [2.75, 3.05) is 0 Å². The summed E-state index contributed by atoms with van der Waals surface area (Å²) in [6.45, 7) is 0. The second-order valence-corrected chi connectivity index (χ2v) is 2.36. The van der Waals surface area contributed by atoms with Gasteiger partial charge in [-0.05, 0) is 6.07 Å². The van der Waals surface area contributed by atoms with E-state index in [4.69, 9.17) is 10.4 Å². The first-order valence-corrected chi connectivity index (χ1v) is 3.62. The number of hydrogen-bond acceptors (Lipinski definition) is 3. The van der Waals surface area contributed by atoms with Gasteiger partial charge in [0.05, 0.1) is 23.5 Å². The van der Waals surface area contributed by atoms with Gasteiger partial charge in [-0.15, -0.1) is 0 Å². The summed E-state index contributed by atoms with van der Waals surface area (Å²) in [6.07, 6.45) is 1.21. The minimum atomic E-state index is 0.108. The van der Waals surface area contributed by atoms with Crippen molar-refractivity contribution in [1.82, 2.24) is 0 Å². The zero-order valence-corrected chi connectivity index (χ0v) is 6.77. The lowest BCUT2D eigenvalue weighted by Crippen LogP contribution is -1.90. The molecule has 1 rings (SSSR count). The quantitative estimate of drug-likeness (QED) is 0.420. The average Bonchev–Trinajstić information content (AvgIpc) is 2.20. The molecule has 0 radical (unpaired) electrons. The Morgan fingerprint density at radius 2 is 2.15 bits per heavy atom. The molecule has 1 aromatic rings. The Hall–Kier alpha value is -2.08. The fourth-order valence-corrected chi connectivity index (χ4v) is 0.996. The maximum absolute atomic E-state index is 10.5. The first-order valence-electron chi connectivity index (χ1n) is 3.62. The molecule has 0 fully saturated rings. The molecule has 0 amide bonds. The lowest BCUT2D eigenvalue weighted by atomic mass is 10.0. The topological polar surface area (TPSA) is 61.1 Å². The summed E-state index contributed by atoms with van der Waals surface area (Å²) in [5, 5.41) is 17.4. The zero-order valence-electron chi connectivity index (χ0n) is 6.77. The van der Waals surface area contributed by atoms with Gasteiger partial charge < -0.3 is 5.11 Å². The largest absolute Gasteiger partial charge is 0.515 e. The molecule has 13 heavy (non-hydrogen) atoms. The van der Waals surface area contributed by atoms with E-state index in [-0.39, 0.29) is 5.57 Å². The third-order valence-electron chi connectivity index (χ3n) is 1.62. The van der Waals surface area contributed by atoms with Gasteiger partial charge in [0.15, 0.2) is 6.29 Å². The van der Waals surface area contributed by atoms with Crippen molar-refractivity contribution in [1.29, 1.82) is 5.26 Å². The number of carbonyl (C=O) groups excluding carboxylic acids is 1. The first kappa shape index (κ1) is 9.01. The molecule has 3 nitrogen and oxygen atoms in total. The van der Waals surface area contributed by atoms with Crippen LogP contribution >= 0.6 is 0 Å². The van der Waals surface area contributed by atoms with E-state index >= 15 is 0 Å². The van der Waals surface area contributed by atoms with Crippen LogP contribution in [0.4, 0.5) is 0 Å². The van der Waals surface area contributed by atoms with Crippen molar-refractivity contribution in [3.05, 3.63) is 41.7 Å². The van der Waals surface area contributed by atoms with Gasteiger partial charge in [0, 0.05) is 5.56 Å². The van der Waals surface area contributed by atoms with Crippen LogP contribution in [0.15, 0.2) is 30.5 Å². The minimum Gasteiger partial charge on any atom is -0.515 e. The highest BCUT2D eigenvalue weighted by molar-refractivity contribution is 6.07. The number of aliphatic hydroxyl groups excluding tert-OH is 1. The van der Waals surface area contributed by atoms with Gasteiger partial charge in [-0.3, -0.25) is 4.79 Å². The first-order chi connectivity index (χ1) is 6.33. The van der Waals surface area contributed by atoms with Crippen LogP contribution in [0.5, 0.6) is 0 Å². The van der Waals surface area contributed by atoms with Crippen molar-refractivity contribution in [2.24, 2.45) is 0 Å². The van der Waals surface area contributed by atoms with Crippen LogP contribution in [0.1, 0.15) is 11.1 Å². The smallest absolute Gasteiger partial charge is 0.153 e. The Kier molecular flexibility index (Phi) is 2.82. The highest BCUT2D eigenvalue weighted by Crippen LogP contribution is 2.15. The van der Waals surface area contributed by atoms with Crippen LogP contribution in [-0.4, -0.2) is 11.4 Å². The minimum absolute atomic E-state index is 0.108. The molecule has 1 aromatic carbocycles. The summed E-state index contributed by atoms with van der Waals surface area (Å²) in [7, 11) is 0. The van der Waals surface area contributed by atoms with Crippen molar-refractivity contribution >= 4 is 11.9 Å². The highest BCUT2D eigenvalue weighted by atomic mass is 16.2. The molecule has 0 heterocycles. The van der Waals surface area contributed by atoms with E-state index in [0.717, 1.165) is 0 Å². The maximum atomic E-state index is 10.5. The standard InChI is InChI=1S/C10H7NO2/c11-5-8-3-1-2-4-10(8)9(6-12)7-13/h1-4,6-7,12H/b9-6-. The lowest BCUT2D eigenvalue weighted by Gasteiger charge is -1.99. The number of allylic oxidation sites excluding steroid dienone is 1. The van der Waals surface area contributed by atoms with Crippen molar-refractivity contribution in [2.45, 2.75) is 0 Å². The Balaban J connectivity index is 3.29. The van der Waals surface area contributed by atoms with E-state index in [1.807, 2.05) is 6.07 Å². The number of aldehydes is 1. The Morgan fingerprint density at radius 3 is 2.69 bits per heavy atom. The van der Waals surface area contributed by atoms with Gasteiger partial charge in [-0.2, -0.15) is 5.26 Å². The number of nitriles is 1. The molecule has 3 heteroatoms. The normalized spacial score (nSPS) is 10.5. The number of nitrogens with zero attached hydrogens (tertiary/aromatic N) is 1. The molecular formula is C10H7NO2. The van der Waals surface area contributed by atoms with E-state index < -0.39 is 0 Å². The third kappa shape index (κ3) is 1.74. The second-order valence-electron chi connectivity index (χ2n) is 2.36. The molecule has 0 aromatic heterocycles. The molecule has 0 spiro atoms. The van der Waals surface area contributed by atoms with Gasteiger partial charge in [-0.1, -0.05) is 18.2 Å². The summed E-state index contributed by atoms with van der Waals surface area (Å²) in [5.74, 6) is 0. The molecule has 1 N–H and O–H groups in total. The van der Waals surface area contributed by atoms with Crippen LogP contribution in [0.3, 0.4) is 0 Å². The molecule has 0 aliphatic carbocycles. The molecule has 0 saturated heterocycles. The monoisotopic (exact) mass is 173 g/mol. The predicted octanol–water partition coefficient (Wildman–Crippen LogP) is 1.66. The summed E-state index contributed by atoms with van der Waals surface area (Å²) in [5.41, 5.74) is 0.926. The van der Waals surface area contributed by atoms with Crippen LogP contribution in [0.2, 0.25) is 0 Å². The summed E-state index contributed by atoms with van der Waals surface area (Å²) < 4.78 is 0. The number of rotatable bonds is 2. The van der Waals surface area contributed by atoms with Crippen LogP contribution in [0.25, 0.3) is 5.57 Å². The van der Waals surface area contributed by atoms with Gasteiger partial charge >= 0.3 is 0 Å². The van der Waals surface area contributed by atoms with Crippen molar-refractivity contribution < 1.29 is 9.90 Å². The number of benzene rings is 1. The molecular weight excluding hydrogens is 166 g/mol. The van der Waals surface area contributed by atoms with Gasteiger partial charge in [-0.25, -0.2) is 0 Å². The van der Waals surface area contributed by atoms with Crippen LogP contribution < -0.4 is 0 Å². The molecule has 0 unspecified atom stereocenters. The van der Waals surface area contributed by atoms with E-state index in [9.17, 15) is 4.79 Å². The highest BCUT2D eigenvalue weighted by Gasteiger charge is 2.05. The van der Waals surface area contributed by atoms with Gasteiger partial charge in [0.2, 0.25) is 0 Å². The Bertz CT molecular complexity index is 388. The summed E-state index contributed by atoms with van der Waals surface area (Å²) in [4.78, 5) is 10.5. The molecule has 0 atom stereocenters. The van der Waals surface area contributed by atoms with Crippen LogP contribution in [-0.2, 0) is 4.79 Å². The Morgan fingerprint density at radius 1 is 1.46 bits per heavy atom.